The zero-order valence-corrected chi connectivity index (χ0v) is 23.1. The predicted octanol–water partition coefficient (Wildman–Crippen LogP) is 5.76. The van der Waals surface area contributed by atoms with Crippen LogP contribution in [0.2, 0.25) is 5.02 Å². The highest BCUT2D eigenvalue weighted by Gasteiger charge is 2.25. The zero-order valence-electron chi connectivity index (χ0n) is 22.3. The quantitative estimate of drug-likeness (QED) is 0.182. The van der Waals surface area contributed by atoms with Gasteiger partial charge in [0.1, 0.15) is 5.75 Å². The minimum absolute atomic E-state index is 0.0399. The van der Waals surface area contributed by atoms with Crippen molar-refractivity contribution in [3.8, 4) is 16.9 Å². The molecule has 4 rings (SSSR count). The number of Topliss-reactive ketones (excluding diaryl/α,β-unsaturated/α-hetero) is 2. The standard InChI is InChI=1S/C32H28ClNO6/c1-20(35)25-14-13-24(33)17-26(25)27-18-31(37)34(19-30(27)39-2)28(15-21-7-5-4-6-8-21)29(36)16-22-9-11-23(12-10-22)32(38)40-3/h4-14,17-19,28H,15-16H2,1-3H3/t28-/m0/s1. The molecular weight excluding hydrogens is 530 g/mol. The Morgan fingerprint density at radius 2 is 1.57 bits per heavy atom. The van der Waals surface area contributed by atoms with E-state index in [2.05, 4.69) is 0 Å². The SMILES string of the molecule is COC(=O)c1ccc(CC(=O)[C@H](Cc2ccccc2)n2cc(OC)c(-c3cc(Cl)ccc3C(C)=O)cc2=O)cc1. The summed E-state index contributed by atoms with van der Waals surface area (Å²) in [6, 6.07) is 21.4. The fraction of sp³-hybridized carbons (Fsp3) is 0.188. The summed E-state index contributed by atoms with van der Waals surface area (Å²) >= 11 is 6.23. The van der Waals surface area contributed by atoms with Gasteiger partial charge in [0.2, 0.25) is 0 Å². The molecule has 0 N–H and O–H groups in total. The van der Waals surface area contributed by atoms with Crippen LogP contribution in [0.3, 0.4) is 0 Å². The van der Waals surface area contributed by atoms with Crippen LogP contribution in [0.25, 0.3) is 11.1 Å². The average molecular weight is 558 g/mol. The van der Waals surface area contributed by atoms with Crippen LogP contribution in [0, 0.1) is 0 Å². The fourth-order valence-corrected chi connectivity index (χ4v) is 4.76. The molecular formula is C32H28ClNO6. The van der Waals surface area contributed by atoms with Gasteiger partial charge in [0.25, 0.3) is 5.56 Å². The molecule has 0 aliphatic heterocycles. The number of ether oxygens (including phenoxy) is 2. The second-order valence-corrected chi connectivity index (χ2v) is 9.72. The molecule has 0 saturated heterocycles. The molecule has 0 aliphatic carbocycles. The van der Waals surface area contributed by atoms with Crippen LogP contribution in [0.5, 0.6) is 5.75 Å². The summed E-state index contributed by atoms with van der Waals surface area (Å²) in [4.78, 5) is 51.4. The number of halogens is 1. The predicted molar refractivity (Wildman–Crippen MR) is 153 cm³/mol. The number of hydrogen-bond acceptors (Lipinski definition) is 6. The number of pyridine rings is 1. The Hall–Kier alpha value is -4.49. The van der Waals surface area contributed by atoms with Gasteiger partial charge in [0.05, 0.1) is 32.0 Å². The molecule has 3 aromatic carbocycles. The first-order chi connectivity index (χ1) is 19.2. The molecule has 0 amide bonds. The lowest BCUT2D eigenvalue weighted by atomic mass is 9.95. The van der Waals surface area contributed by atoms with E-state index in [1.54, 1.807) is 42.5 Å². The van der Waals surface area contributed by atoms with Gasteiger partial charge in [0.15, 0.2) is 11.6 Å². The number of ketones is 2. The summed E-state index contributed by atoms with van der Waals surface area (Å²) < 4.78 is 11.8. The maximum absolute atomic E-state index is 13.7. The average Bonchev–Trinajstić information content (AvgIpc) is 2.96. The summed E-state index contributed by atoms with van der Waals surface area (Å²) in [6.45, 7) is 1.44. The van der Waals surface area contributed by atoms with Crippen molar-refractivity contribution >= 4 is 29.1 Å². The van der Waals surface area contributed by atoms with Crippen LogP contribution < -0.4 is 10.3 Å². The van der Waals surface area contributed by atoms with Crippen molar-refractivity contribution < 1.29 is 23.9 Å². The van der Waals surface area contributed by atoms with Crippen LogP contribution in [0.1, 0.15) is 44.8 Å². The normalized spacial score (nSPS) is 11.5. The number of rotatable bonds is 10. The first-order valence-electron chi connectivity index (χ1n) is 12.6. The maximum atomic E-state index is 13.7. The van der Waals surface area contributed by atoms with E-state index in [9.17, 15) is 19.2 Å². The van der Waals surface area contributed by atoms with Crippen molar-refractivity contribution in [3.05, 3.63) is 123 Å². The molecule has 0 bridgehead atoms. The zero-order chi connectivity index (χ0) is 28.8. The lowest BCUT2D eigenvalue weighted by molar-refractivity contribution is -0.121. The van der Waals surface area contributed by atoms with Gasteiger partial charge in [-0.3, -0.25) is 14.4 Å². The summed E-state index contributed by atoms with van der Waals surface area (Å²) in [7, 11) is 2.76. The van der Waals surface area contributed by atoms with Gasteiger partial charge in [-0.1, -0.05) is 54.1 Å². The Balaban J connectivity index is 1.77. The number of carbonyl (C=O) groups is 3. The third-order valence-electron chi connectivity index (χ3n) is 6.65. The van der Waals surface area contributed by atoms with Gasteiger partial charge in [-0.25, -0.2) is 4.79 Å². The highest BCUT2D eigenvalue weighted by Crippen LogP contribution is 2.34. The monoisotopic (exact) mass is 557 g/mol. The lowest BCUT2D eigenvalue weighted by Gasteiger charge is -2.21. The van der Waals surface area contributed by atoms with Gasteiger partial charge < -0.3 is 14.0 Å². The Labute approximate surface area is 236 Å². The van der Waals surface area contributed by atoms with Crippen LogP contribution >= 0.6 is 11.6 Å². The molecule has 0 fully saturated rings. The van der Waals surface area contributed by atoms with Crippen LogP contribution in [0.4, 0.5) is 0 Å². The third-order valence-corrected chi connectivity index (χ3v) is 6.88. The smallest absolute Gasteiger partial charge is 0.337 e. The van der Waals surface area contributed by atoms with Crippen molar-refractivity contribution in [2.45, 2.75) is 25.8 Å². The molecule has 1 aromatic heterocycles. The topological polar surface area (TPSA) is 91.7 Å². The lowest BCUT2D eigenvalue weighted by Crippen LogP contribution is -2.32. The fourth-order valence-electron chi connectivity index (χ4n) is 4.59. The number of esters is 1. The van der Waals surface area contributed by atoms with Crippen molar-refractivity contribution in [2.75, 3.05) is 14.2 Å². The van der Waals surface area contributed by atoms with E-state index >= 15 is 0 Å². The number of benzene rings is 3. The molecule has 7 nitrogen and oxygen atoms in total. The van der Waals surface area contributed by atoms with Crippen LogP contribution in [0.15, 0.2) is 89.9 Å². The number of nitrogens with zero attached hydrogens (tertiary/aromatic N) is 1. The van der Waals surface area contributed by atoms with Gasteiger partial charge in [0, 0.05) is 35.1 Å². The molecule has 1 heterocycles. The highest BCUT2D eigenvalue weighted by molar-refractivity contribution is 6.31. The molecule has 0 radical (unpaired) electrons. The van der Waals surface area contributed by atoms with E-state index in [4.69, 9.17) is 21.1 Å². The number of methoxy groups -OCH3 is 2. The first kappa shape index (κ1) is 28.5. The number of hydrogen-bond donors (Lipinski definition) is 0. The number of carbonyl (C=O) groups excluding carboxylic acids is 3. The van der Waals surface area contributed by atoms with E-state index < -0.39 is 17.6 Å². The molecule has 0 saturated carbocycles. The Bertz CT molecular complexity index is 1610. The van der Waals surface area contributed by atoms with E-state index in [0.29, 0.717) is 38.6 Å². The Morgan fingerprint density at radius 3 is 2.20 bits per heavy atom. The van der Waals surface area contributed by atoms with Gasteiger partial charge in [-0.2, -0.15) is 0 Å². The van der Waals surface area contributed by atoms with Crippen molar-refractivity contribution in [1.29, 1.82) is 0 Å². The second-order valence-electron chi connectivity index (χ2n) is 9.28. The molecule has 40 heavy (non-hydrogen) atoms. The van der Waals surface area contributed by atoms with Gasteiger partial charge in [-0.05, 0) is 53.9 Å². The minimum atomic E-state index is -0.843. The maximum Gasteiger partial charge on any atom is 0.337 e. The van der Waals surface area contributed by atoms with Crippen LogP contribution in [-0.2, 0) is 22.4 Å². The van der Waals surface area contributed by atoms with Crippen molar-refractivity contribution in [3.63, 3.8) is 0 Å². The molecule has 8 heteroatoms. The van der Waals surface area contributed by atoms with Gasteiger partial charge in [-0.15, -0.1) is 0 Å². The minimum Gasteiger partial charge on any atom is -0.495 e. The third kappa shape index (κ3) is 6.38. The van der Waals surface area contributed by atoms with Gasteiger partial charge >= 0.3 is 5.97 Å². The molecule has 0 spiro atoms. The van der Waals surface area contributed by atoms with Crippen molar-refractivity contribution in [1.82, 2.24) is 4.57 Å². The molecule has 0 aliphatic rings. The Kier molecular flexibility index (Phi) is 8.97. The van der Waals surface area contributed by atoms with Crippen LogP contribution in [-0.4, -0.2) is 36.3 Å². The molecule has 4 aromatic rings. The highest BCUT2D eigenvalue weighted by atomic mass is 35.5. The largest absolute Gasteiger partial charge is 0.495 e. The summed E-state index contributed by atoms with van der Waals surface area (Å²) in [5.41, 5.74) is 2.79. The summed E-state index contributed by atoms with van der Waals surface area (Å²) in [6.07, 6.45) is 1.82. The van der Waals surface area contributed by atoms with E-state index in [1.807, 2.05) is 30.3 Å². The first-order valence-corrected chi connectivity index (χ1v) is 12.9. The van der Waals surface area contributed by atoms with Crippen molar-refractivity contribution in [2.24, 2.45) is 0 Å². The summed E-state index contributed by atoms with van der Waals surface area (Å²) in [5, 5.41) is 0.404. The molecule has 1 atom stereocenters. The molecule has 204 valence electrons. The van der Waals surface area contributed by atoms with E-state index in [0.717, 1.165) is 5.56 Å². The molecule has 0 unspecified atom stereocenters. The Morgan fingerprint density at radius 1 is 0.875 bits per heavy atom. The second kappa shape index (κ2) is 12.6. The number of aromatic nitrogens is 1. The van der Waals surface area contributed by atoms with E-state index in [-0.39, 0.29) is 24.4 Å². The summed E-state index contributed by atoms with van der Waals surface area (Å²) in [5.74, 6) is -0.532. The van der Waals surface area contributed by atoms with E-state index in [1.165, 1.54) is 38.0 Å².